The van der Waals surface area contributed by atoms with E-state index in [0.29, 0.717) is 6.04 Å². The van der Waals surface area contributed by atoms with Gasteiger partial charge >= 0.3 is 0 Å². The normalized spacial score (nSPS) is 12.9. The van der Waals surface area contributed by atoms with Crippen LogP contribution in [-0.2, 0) is 6.42 Å². The first-order chi connectivity index (χ1) is 8.24. The van der Waals surface area contributed by atoms with Crippen LogP contribution >= 0.6 is 11.3 Å². The number of hydrogen-bond donors (Lipinski definition) is 1. The van der Waals surface area contributed by atoms with Crippen LogP contribution in [-0.4, -0.2) is 16.0 Å². The minimum atomic E-state index is 0.461. The van der Waals surface area contributed by atoms with Crippen LogP contribution in [0.3, 0.4) is 0 Å². The number of thiophene rings is 1. The molecule has 0 saturated carbocycles. The number of hydrogen-bond acceptors (Lipinski definition) is 4. The van der Waals surface area contributed by atoms with Crippen molar-refractivity contribution in [1.29, 1.82) is 0 Å². The summed E-state index contributed by atoms with van der Waals surface area (Å²) in [7, 11) is 0. The van der Waals surface area contributed by atoms with Gasteiger partial charge in [0.25, 0.3) is 0 Å². The number of rotatable bonds is 5. The molecule has 2 rings (SSSR count). The summed E-state index contributed by atoms with van der Waals surface area (Å²) in [5.41, 5.74) is 0. The van der Waals surface area contributed by atoms with E-state index in [9.17, 15) is 0 Å². The Bertz CT molecular complexity index is 492. The summed E-state index contributed by atoms with van der Waals surface area (Å²) < 4.78 is 0. The molecule has 0 aliphatic heterocycles. The maximum absolute atomic E-state index is 4.60. The van der Waals surface area contributed by atoms with Gasteiger partial charge in [0, 0.05) is 12.5 Å². The van der Waals surface area contributed by atoms with Crippen LogP contribution in [0.15, 0.2) is 11.4 Å². The smallest absolute Gasteiger partial charge is 0.138 e. The Morgan fingerprint density at radius 3 is 2.88 bits per heavy atom. The standard InChI is InChI=1S/C13H19N3S/c1-4-6-9(3)14-12-10-7-8-17-13(10)16-11(5-2)15-12/h7-9H,4-6H2,1-3H3,(H,14,15,16). The largest absolute Gasteiger partial charge is 0.367 e. The second kappa shape index (κ2) is 5.45. The van der Waals surface area contributed by atoms with Crippen molar-refractivity contribution < 1.29 is 0 Å². The highest BCUT2D eigenvalue weighted by molar-refractivity contribution is 7.16. The van der Waals surface area contributed by atoms with Gasteiger partial charge in [0.1, 0.15) is 16.5 Å². The monoisotopic (exact) mass is 249 g/mol. The fourth-order valence-electron chi connectivity index (χ4n) is 1.91. The van der Waals surface area contributed by atoms with Crippen molar-refractivity contribution >= 4 is 27.4 Å². The lowest BCUT2D eigenvalue weighted by molar-refractivity contribution is 0.687. The van der Waals surface area contributed by atoms with Crippen LogP contribution in [0.2, 0.25) is 0 Å². The maximum atomic E-state index is 4.60. The average Bonchev–Trinajstić information content (AvgIpc) is 2.77. The molecule has 2 aromatic heterocycles. The first-order valence-corrected chi connectivity index (χ1v) is 7.13. The Hall–Kier alpha value is -1.16. The van der Waals surface area contributed by atoms with Crippen LogP contribution in [0.5, 0.6) is 0 Å². The number of fused-ring (bicyclic) bond motifs is 1. The molecule has 4 heteroatoms. The summed E-state index contributed by atoms with van der Waals surface area (Å²) in [5, 5.41) is 6.73. The van der Waals surface area contributed by atoms with Gasteiger partial charge in [-0.25, -0.2) is 9.97 Å². The van der Waals surface area contributed by atoms with E-state index in [1.165, 1.54) is 6.42 Å². The highest BCUT2D eigenvalue weighted by Gasteiger charge is 2.10. The number of aryl methyl sites for hydroxylation is 1. The van der Waals surface area contributed by atoms with E-state index < -0.39 is 0 Å². The van der Waals surface area contributed by atoms with Gasteiger partial charge < -0.3 is 5.32 Å². The van der Waals surface area contributed by atoms with Gasteiger partial charge in [0.15, 0.2) is 0 Å². The number of anilines is 1. The SMILES string of the molecule is CCCC(C)Nc1nc(CC)nc2sccc12. The molecule has 3 nitrogen and oxygen atoms in total. The molecule has 0 aliphatic carbocycles. The summed E-state index contributed by atoms with van der Waals surface area (Å²) in [6, 6.07) is 2.56. The molecule has 1 unspecified atom stereocenters. The van der Waals surface area contributed by atoms with E-state index in [4.69, 9.17) is 0 Å². The van der Waals surface area contributed by atoms with E-state index in [2.05, 4.69) is 47.5 Å². The van der Waals surface area contributed by atoms with E-state index in [1.807, 2.05) is 0 Å². The molecule has 0 fully saturated rings. The van der Waals surface area contributed by atoms with Gasteiger partial charge in [0.05, 0.1) is 5.39 Å². The number of aromatic nitrogens is 2. The average molecular weight is 249 g/mol. The topological polar surface area (TPSA) is 37.8 Å². The molecule has 2 heterocycles. The lowest BCUT2D eigenvalue weighted by Crippen LogP contribution is -2.16. The zero-order valence-corrected chi connectivity index (χ0v) is 11.5. The molecule has 0 bridgehead atoms. The summed E-state index contributed by atoms with van der Waals surface area (Å²) in [5.74, 6) is 1.92. The Kier molecular flexibility index (Phi) is 3.94. The fraction of sp³-hybridized carbons (Fsp3) is 0.538. The van der Waals surface area contributed by atoms with Gasteiger partial charge in [-0.2, -0.15) is 0 Å². The Morgan fingerprint density at radius 2 is 2.18 bits per heavy atom. The van der Waals surface area contributed by atoms with Crippen molar-refractivity contribution in [3.63, 3.8) is 0 Å². The van der Waals surface area contributed by atoms with E-state index in [1.54, 1.807) is 11.3 Å². The molecule has 0 spiro atoms. The second-order valence-corrected chi connectivity index (χ2v) is 5.21. The van der Waals surface area contributed by atoms with Crippen LogP contribution in [0, 0.1) is 0 Å². The van der Waals surface area contributed by atoms with E-state index >= 15 is 0 Å². The van der Waals surface area contributed by atoms with Crippen molar-refractivity contribution in [2.75, 3.05) is 5.32 Å². The van der Waals surface area contributed by atoms with E-state index in [0.717, 1.165) is 34.7 Å². The molecule has 0 radical (unpaired) electrons. The van der Waals surface area contributed by atoms with Crippen molar-refractivity contribution in [1.82, 2.24) is 9.97 Å². The maximum Gasteiger partial charge on any atom is 0.138 e. The molecule has 1 atom stereocenters. The van der Waals surface area contributed by atoms with Crippen molar-refractivity contribution in [3.8, 4) is 0 Å². The van der Waals surface area contributed by atoms with Crippen molar-refractivity contribution in [3.05, 3.63) is 17.3 Å². The number of nitrogens with zero attached hydrogens (tertiary/aromatic N) is 2. The summed E-state index contributed by atoms with van der Waals surface area (Å²) in [6.45, 7) is 6.50. The first kappa shape index (κ1) is 12.3. The third kappa shape index (κ3) is 2.75. The van der Waals surface area contributed by atoms with Gasteiger partial charge in [-0.05, 0) is 24.8 Å². The van der Waals surface area contributed by atoms with Crippen LogP contribution in [0.1, 0.15) is 39.4 Å². The predicted octanol–water partition coefficient (Wildman–Crippen LogP) is 3.85. The second-order valence-electron chi connectivity index (χ2n) is 4.32. The lowest BCUT2D eigenvalue weighted by atomic mass is 10.2. The van der Waals surface area contributed by atoms with Crippen LogP contribution < -0.4 is 5.32 Å². The zero-order valence-electron chi connectivity index (χ0n) is 10.7. The zero-order chi connectivity index (χ0) is 12.3. The molecule has 0 saturated heterocycles. The van der Waals surface area contributed by atoms with Crippen LogP contribution in [0.4, 0.5) is 5.82 Å². The third-order valence-electron chi connectivity index (χ3n) is 2.79. The Morgan fingerprint density at radius 1 is 1.35 bits per heavy atom. The summed E-state index contributed by atoms with van der Waals surface area (Å²) in [4.78, 5) is 10.2. The molecular formula is C13H19N3S. The van der Waals surface area contributed by atoms with Gasteiger partial charge in [-0.1, -0.05) is 20.3 Å². The molecule has 17 heavy (non-hydrogen) atoms. The number of nitrogens with one attached hydrogen (secondary N) is 1. The Labute approximate surface area is 106 Å². The molecule has 92 valence electrons. The highest BCUT2D eigenvalue weighted by Crippen LogP contribution is 2.26. The van der Waals surface area contributed by atoms with E-state index in [-0.39, 0.29) is 0 Å². The Balaban J connectivity index is 2.33. The molecule has 0 aliphatic rings. The quantitative estimate of drug-likeness (QED) is 0.874. The van der Waals surface area contributed by atoms with Gasteiger partial charge in [0.2, 0.25) is 0 Å². The molecule has 0 aromatic carbocycles. The summed E-state index contributed by atoms with van der Waals surface area (Å²) in [6.07, 6.45) is 3.23. The highest BCUT2D eigenvalue weighted by atomic mass is 32.1. The minimum Gasteiger partial charge on any atom is -0.367 e. The fourth-order valence-corrected chi connectivity index (χ4v) is 2.69. The molecule has 1 N–H and O–H groups in total. The van der Waals surface area contributed by atoms with Gasteiger partial charge in [-0.15, -0.1) is 11.3 Å². The predicted molar refractivity (Wildman–Crippen MR) is 74.8 cm³/mol. The summed E-state index contributed by atoms with van der Waals surface area (Å²) >= 11 is 1.68. The van der Waals surface area contributed by atoms with Crippen LogP contribution in [0.25, 0.3) is 10.2 Å². The lowest BCUT2D eigenvalue weighted by Gasteiger charge is -2.14. The van der Waals surface area contributed by atoms with Crippen molar-refractivity contribution in [2.24, 2.45) is 0 Å². The third-order valence-corrected chi connectivity index (χ3v) is 3.60. The molecular weight excluding hydrogens is 230 g/mol. The molecule has 2 aromatic rings. The first-order valence-electron chi connectivity index (χ1n) is 6.25. The van der Waals surface area contributed by atoms with Gasteiger partial charge in [-0.3, -0.25) is 0 Å². The minimum absolute atomic E-state index is 0.461. The van der Waals surface area contributed by atoms with Crippen molar-refractivity contribution in [2.45, 2.75) is 46.1 Å². The molecule has 0 amide bonds.